The van der Waals surface area contributed by atoms with Crippen molar-refractivity contribution in [1.82, 2.24) is 9.38 Å². The number of carboxylic acid groups (broad SMARTS) is 1. The molecule has 7 rings (SSSR count). The molecule has 10 heteroatoms. The van der Waals surface area contributed by atoms with Crippen LogP contribution in [0.5, 0.6) is 5.75 Å². The third-order valence-electron chi connectivity index (χ3n) is 9.80. The average Bonchev–Trinajstić information content (AvgIpc) is 3.48. The van der Waals surface area contributed by atoms with Crippen molar-refractivity contribution in [3.63, 3.8) is 0 Å². The average molecular weight is 686 g/mol. The molecular formula is C40H48FN3O6. The Morgan fingerprint density at radius 2 is 1.82 bits per heavy atom. The molecule has 50 heavy (non-hydrogen) atoms. The molecule has 0 amide bonds. The number of piperidine rings is 1. The molecule has 2 unspecified atom stereocenters. The lowest BCUT2D eigenvalue weighted by Crippen LogP contribution is -2.45. The van der Waals surface area contributed by atoms with Gasteiger partial charge in [0.05, 0.1) is 28.6 Å². The monoisotopic (exact) mass is 685 g/mol. The number of imidazole rings is 1. The Morgan fingerprint density at radius 3 is 2.50 bits per heavy atom. The summed E-state index contributed by atoms with van der Waals surface area (Å²) in [4.78, 5) is 33.7. The van der Waals surface area contributed by atoms with E-state index in [-0.39, 0.29) is 23.3 Å². The van der Waals surface area contributed by atoms with Gasteiger partial charge in [0, 0.05) is 42.6 Å². The first-order chi connectivity index (χ1) is 23.6. The number of ether oxygens (including phenoxy) is 3. The second kappa shape index (κ2) is 13.8. The minimum Gasteiger partial charge on any atom is -0.490 e. The lowest BCUT2D eigenvalue weighted by atomic mass is 9.91. The summed E-state index contributed by atoms with van der Waals surface area (Å²) >= 11 is 0. The molecule has 1 fully saturated rings. The summed E-state index contributed by atoms with van der Waals surface area (Å²) in [5.74, 6) is -0.506. The molecule has 3 aliphatic rings. The van der Waals surface area contributed by atoms with Crippen molar-refractivity contribution in [3.05, 3.63) is 71.2 Å². The second-order valence-electron chi connectivity index (χ2n) is 15.0. The van der Waals surface area contributed by atoms with Crippen LogP contribution in [0.25, 0.3) is 28.0 Å². The molecule has 0 spiro atoms. The maximum Gasteiger partial charge on any atom is 0.337 e. The van der Waals surface area contributed by atoms with Gasteiger partial charge in [0.15, 0.2) is 11.9 Å². The first kappa shape index (κ1) is 35.5. The predicted octanol–water partition coefficient (Wildman–Crippen LogP) is 8.59. The van der Waals surface area contributed by atoms with Crippen LogP contribution in [0.1, 0.15) is 101 Å². The number of halogens is 1. The van der Waals surface area contributed by atoms with Crippen molar-refractivity contribution in [1.29, 1.82) is 0 Å². The Hall–Kier alpha value is -4.28. The SMILES string of the molecule is CC(=O)c1c(C)c(C(OC(C)(C)C)C(=O)O)c2n3cc(nc13)-c1cccc(c1)-c1cc(F)ccc1OC(C)CCCCOC1(C)CCN2CC1. The van der Waals surface area contributed by atoms with Gasteiger partial charge < -0.3 is 24.2 Å². The van der Waals surface area contributed by atoms with Gasteiger partial charge in [-0.25, -0.2) is 14.2 Å². The van der Waals surface area contributed by atoms with Gasteiger partial charge in [-0.05, 0) is 116 Å². The number of carbonyl (C=O) groups excluding carboxylic acids is 1. The Morgan fingerprint density at radius 1 is 1.10 bits per heavy atom. The normalized spacial score (nSPS) is 20.7. The summed E-state index contributed by atoms with van der Waals surface area (Å²) in [7, 11) is 0. The third kappa shape index (κ3) is 7.28. The number of aliphatic carboxylic acids is 1. The first-order valence-electron chi connectivity index (χ1n) is 17.6. The number of Topliss-reactive ketones (excluding diaryl/α,β-unsaturated/α-hetero) is 1. The first-order valence-corrected chi connectivity index (χ1v) is 17.6. The van der Waals surface area contributed by atoms with E-state index < -0.39 is 17.7 Å². The maximum atomic E-state index is 14.7. The Balaban J connectivity index is 1.61. The second-order valence-corrected chi connectivity index (χ2v) is 15.0. The van der Waals surface area contributed by atoms with E-state index in [0.29, 0.717) is 64.9 Å². The highest BCUT2D eigenvalue weighted by atomic mass is 19.1. The molecular weight excluding hydrogens is 637 g/mol. The zero-order valence-electron chi connectivity index (χ0n) is 30.1. The van der Waals surface area contributed by atoms with Crippen LogP contribution in [-0.4, -0.2) is 63.2 Å². The zero-order valence-corrected chi connectivity index (χ0v) is 30.1. The number of carboxylic acids is 1. The summed E-state index contributed by atoms with van der Waals surface area (Å²) in [6.45, 7) is 14.7. The van der Waals surface area contributed by atoms with Crippen LogP contribution in [-0.2, 0) is 14.3 Å². The fraction of sp³-hybridized carbons (Fsp3) is 0.475. The topological polar surface area (TPSA) is 103 Å². The molecule has 2 aromatic heterocycles. The van der Waals surface area contributed by atoms with Gasteiger partial charge in [-0.3, -0.25) is 9.20 Å². The molecule has 9 nitrogen and oxygen atoms in total. The van der Waals surface area contributed by atoms with Crippen molar-refractivity contribution in [2.24, 2.45) is 0 Å². The van der Waals surface area contributed by atoms with Crippen LogP contribution in [0.3, 0.4) is 0 Å². The van der Waals surface area contributed by atoms with Crippen molar-refractivity contribution >= 4 is 23.2 Å². The largest absolute Gasteiger partial charge is 0.490 e. The minimum atomic E-state index is -1.34. The molecule has 1 N–H and O–H groups in total. The number of nitrogens with zero attached hydrogens (tertiary/aromatic N) is 3. The van der Waals surface area contributed by atoms with E-state index in [0.717, 1.165) is 43.2 Å². The van der Waals surface area contributed by atoms with Crippen LogP contribution in [0.4, 0.5) is 10.2 Å². The fourth-order valence-corrected chi connectivity index (χ4v) is 7.24. The van der Waals surface area contributed by atoms with E-state index >= 15 is 0 Å². The molecule has 6 bridgehead atoms. The van der Waals surface area contributed by atoms with E-state index in [9.17, 15) is 19.1 Å². The standard InChI is InChI=1S/C40H48FN3O6/c1-24-11-8-9-20-48-40(7)16-18-43(19-17-40)37-34(35(38(46)47)50-39(4,5)6)25(2)33(26(3)45)36-42-31(23-44(36)37)28-13-10-12-27(21-28)30-22-29(41)14-15-32(30)49-24/h10,12-15,21-24,35H,8-9,11,16-20H2,1-7H3,(H,46,47). The molecule has 2 atom stereocenters. The summed E-state index contributed by atoms with van der Waals surface area (Å²) < 4.78 is 35.7. The Labute approximate surface area is 293 Å². The highest BCUT2D eigenvalue weighted by Crippen LogP contribution is 2.42. The Bertz CT molecular complexity index is 1920. The number of anilines is 1. The smallest absolute Gasteiger partial charge is 0.337 e. The van der Waals surface area contributed by atoms with Crippen LogP contribution < -0.4 is 9.64 Å². The summed E-state index contributed by atoms with van der Waals surface area (Å²) in [6, 6.07) is 12.2. The van der Waals surface area contributed by atoms with Gasteiger partial charge in [0.25, 0.3) is 0 Å². The van der Waals surface area contributed by atoms with Crippen molar-refractivity contribution in [2.45, 2.75) is 104 Å². The number of hydrogen-bond donors (Lipinski definition) is 1. The lowest BCUT2D eigenvalue weighted by molar-refractivity contribution is -0.160. The molecule has 266 valence electrons. The van der Waals surface area contributed by atoms with Gasteiger partial charge in [-0.15, -0.1) is 0 Å². The number of ketones is 1. The predicted molar refractivity (Wildman–Crippen MR) is 192 cm³/mol. The van der Waals surface area contributed by atoms with Gasteiger partial charge in [-0.2, -0.15) is 0 Å². The van der Waals surface area contributed by atoms with Crippen LogP contribution in [0.15, 0.2) is 48.7 Å². The number of rotatable bonds is 4. The molecule has 4 aromatic rings. The summed E-state index contributed by atoms with van der Waals surface area (Å²) in [5.41, 5.74) is 3.34. The minimum absolute atomic E-state index is 0.0806. The number of aromatic nitrogens is 2. The van der Waals surface area contributed by atoms with Crippen LogP contribution >= 0.6 is 0 Å². The molecule has 0 saturated carbocycles. The van der Waals surface area contributed by atoms with Crippen molar-refractivity contribution in [2.75, 3.05) is 24.6 Å². The number of carbonyl (C=O) groups is 2. The van der Waals surface area contributed by atoms with E-state index in [1.165, 1.54) is 19.1 Å². The van der Waals surface area contributed by atoms with E-state index in [1.807, 2.05) is 62.6 Å². The maximum absolute atomic E-state index is 14.7. The van der Waals surface area contributed by atoms with Gasteiger partial charge in [-0.1, -0.05) is 18.2 Å². The molecule has 5 heterocycles. The highest BCUT2D eigenvalue weighted by Gasteiger charge is 2.38. The molecule has 2 aromatic carbocycles. The number of fused-ring (bicyclic) bond motifs is 8. The molecule has 1 saturated heterocycles. The molecule has 3 aliphatic heterocycles. The van der Waals surface area contributed by atoms with Crippen LogP contribution in [0.2, 0.25) is 0 Å². The Kier molecular flexibility index (Phi) is 9.81. The quantitative estimate of drug-likeness (QED) is 0.213. The lowest BCUT2D eigenvalue weighted by Gasteiger charge is -2.42. The molecule has 0 radical (unpaired) electrons. The number of hydrogen-bond acceptors (Lipinski definition) is 7. The van der Waals surface area contributed by atoms with Gasteiger partial charge >= 0.3 is 5.97 Å². The van der Waals surface area contributed by atoms with Crippen LogP contribution in [0, 0.1) is 12.7 Å². The van der Waals surface area contributed by atoms with Crippen molar-refractivity contribution < 1.29 is 33.3 Å². The summed E-state index contributed by atoms with van der Waals surface area (Å²) in [6.07, 6.45) is 4.53. The summed E-state index contributed by atoms with van der Waals surface area (Å²) in [5, 5.41) is 10.6. The number of pyridine rings is 1. The third-order valence-corrected chi connectivity index (χ3v) is 9.80. The number of benzene rings is 2. The fourth-order valence-electron chi connectivity index (χ4n) is 7.24. The highest BCUT2D eigenvalue weighted by molar-refractivity contribution is 6.03. The molecule has 0 aliphatic carbocycles. The van der Waals surface area contributed by atoms with E-state index in [4.69, 9.17) is 19.2 Å². The zero-order chi connectivity index (χ0) is 36.0. The van der Waals surface area contributed by atoms with Gasteiger partial charge in [0.1, 0.15) is 23.0 Å². The van der Waals surface area contributed by atoms with Crippen molar-refractivity contribution in [3.8, 4) is 28.1 Å². The van der Waals surface area contributed by atoms with Gasteiger partial charge in [0.2, 0.25) is 0 Å². The van der Waals surface area contributed by atoms with E-state index in [1.54, 1.807) is 13.0 Å². The van der Waals surface area contributed by atoms with E-state index in [2.05, 4.69) is 11.8 Å².